The Morgan fingerprint density at radius 2 is 1.94 bits per heavy atom. The molecule has 1 aliphatic rings. The van der Waals surface area contributed by atoms with Crippen LogP contribution >= 0.6 is 0 Å². The molecule has 0 aromatic rings. The molecule has 0 fully saturated rings. The number of aliphatic carboxylic acids is 1. The van der Waals surface area contributed by atoms with E-state index in [0.717, 1.165) is 0 Å². The lowest BCUT2D eigenvalue weighted by atomic mass is 9.57. The summed E-state index contributed by atoms with van der Waals surface area (Å²) in [6.07, 6.45) is 1.17. The molecule has 0 spiro atoms. The van der Waals surface area contributed by atoms with Crippen LogP contribution in [0.4, 0.5) is 0 Å². The van der Waals surface area contributed by atoms with Gasteiger partial charge in [-0.3, -0.25) is 4.79 Å². The molecule has 0 bridgehead atoms. The molecule has 2 N–H and O–H groups in total. The third kappa shape index (κ3) is 1.33. The number of nitrogens with zero attached hydrogens (tertiary/aromatic N) is 2. The molecular weight excluding hydrogens is 220 g/mol. The first kappa shape index (κ1) is 12.8. The lowest BCUT2D eigenvalue weighted by Crippen LogP contribution is -2.47. The average molecular weight is 232 g/mol. The zero-order chi connectivity index (χ0) is 13.4. The van der Waals surface area contributed by atoms with Crippen LogP contribution in [0.15, 0.2) is 23.0 Å². The number of hydrogen-bond donors (Lipinski definition) is 2. The Hall–Kier alpha value is -2.27. The first-order valence-corrected chi connectivity index (χ1v) is 4.93. The van der Waals surface area contributed by atoms with Crippen molar-refractivity contribution in [2.75, 3.05) is 0 Å². The van der Waals surface area contributed by atoms with Crippen LogP contribution in [0.3, 0.4) is 0 Å². The third-order valence-corrected chi connectivity index (χ3v) is 3.36. The molecule has 0 saturated heterocycles. The van der Waals surface area contributed by atoms with E-state index in [1.54, 1.807) is 12.1 Å². The molecule has 0 radical (unpaired) electrons. The highest BCUT2D eigenvalue weighted by atomic mass is 16.4. The van der Waals surface area contributed by atoms with Gasteiger partial charge < -0.3 is 10.2 Å². The van der Waals surface area contributed by atoms with E-state index in [-0.39, 0.29) is 16.9 Å². The highest BCUT2D eigenvalue weighted by Gasteiger charge is 2.58. The van der Waals surface area contributed by atoms with Gasteiger partial charge in [0.2, 0.25) is 0 Å². The van der Waals surface area contributed by atoms with Crippen LogP contribution in [0.5, 0.6) is 0 Å². The predicted octanol–water partition coefficient (Wildman–Crippen LogP) is 1.90. The van der Waals surface area contributed by atoms with Crippen molar-refractivity contribution in [3.8, 4) is 12.1 Å². The summed E-state index contributed by atoms with van der Waals surface area (Å²) in [6, 6.07) is 3.56. The summed E-state index contributed by atoms with van der Waals surface area (Å²) in [6.45, 7) is 4.40. The van der Waals surface area contributed by atoms with E-state index < -0.39 is 16.8 Å². The van der Waals surface area contributed by atoms with Gasteiger partial charge in [0.1, 0.15) is 5.76 Å². The maximum Gasteiger partial charge on any atom is 0.329 e. The molecule has 1 atom stereocenters. The largest absolute Gasteiger partial charge is 0.507 e. The molecule has 5 heteroatoms. The van der Waals surface area contributed by atoms with Gasteiger partial charge in [-0.1, -0.05) is 13.8 Å². The quantitative estimate of drug-likeness (QED) is 0.718. The molecule has 0 aromatic heterocycles. The summed E-state index contributed by atoms with van der Waals surface area (Å²) in [5, 5.41) is 37.2. The van der Waals surface area contributed by atoms with Gasteiger partial charge in [0.05, 0.1) is 17.7 Å². The monoisotopic (exact) mass is 232 g/mol. The molecule has 1 aliphatic carbocycles. The van der Waals surface area contributed by atoms with Crippen molar-refractivity contribution < 1.29 is 15.0 Å². The zero-order valence-corrected chi connectivity index (χ0v) is 9.77. The van der Waals surface area contributed by atoms with Crippen molar-refractivity contribution in [1.29, 1.82) is 10.5 Å². The zero-order valence-electron chi connectivity index (χ0n) is 9.77. The lowest BCUT2D eigenvalue weighted by molar-refractivity contribution is -0.147. The molecular formula is C12H12N2O3. The number of allylic oxidation sites excluding steroid dienone is 2. The Morgan fingerprint density at radius 3 is 2.29 bits per heavy atom. The van der Waals surface area contributed by atoms with Gasteiger partial charge in [-0.05, 0) is 18.6 Å². The molecule has 1 rings (SSSR count). The van der Waals surface area contributed by atoms with Crippen molar-refractivity contribution in [2.24, 2.45) is 10.8 Å². The van der Waals surface area contributed by atoms with Gasteiger partial charge in [0.15, 0.2) is 5.41 Å². The molecule has 0 amide bonds. The third-order valence-electron chi connectivity index (χ3n) is 3.36. The summed E-state index contributed by atoms with van der Waals surface area (Å²) in [7, 11) is 0. The number of hydrogen-bond acceptors (Lipinski definition) is 4. The Labute approximate surface area is 98.9 Å². The van der Waals surface area contributed by atoms with Crippen LogP contribution in [0, 0.1) is 33.5 Å². The normalized spacial score (nSPS) is 26.8. The number of aliphatic hydroxyl groups excluding tert-OH is 1. The van der Waals surface area contributed by atoms with Crippen molar-refractivity contribution in [3.63, 3.8) is 0 Å². The van der Waals surface area contributed by atoms with E-state index in [1.807, 2.05) is 0 Å². The van der Waals surface area contributed by atoms with E-state index in [2.05, 4.69) is 0 Å². The minimum Gasteiger partial charge on any atom is -0.507 e. The Balaban J connectivity index is 3.72. The van der Waals surface area contributed by atoms with Crippen LogP contribution in [0.2, 0.25) is 0 Å². The van der Waals surface area contributed by atoms with Crippen molar-refractivity contribution in [3.05, 3.63) is 23.0 Å². The van der Waals surface area contributed by atoms with Crippen LogP contribution in [-0.2, 0) is 4.79 Å². The van der Waals surface area contributed by atoms with Crippen LogP contribution in [-0.4, -0.2) is 16.2 Å². The summed E-state index contributed by atoms with van der Waals surface area (Å²) in [4.78, 5) is 11.4. The summed E-state index contributed by atoms with van der Waals surface area (Å²) in [5.74, 6) is -1.60. The first-order chi connectivity index (χ1) is 7.75. The van der Waals surface area contributed by atoms with Gasteiger partial charge in [0.25, 0.3) is 0 Å². The summed E-state index contributed by atoms with van der Waals surface area (Å²) < 4.78 is 0. The fraction of sp³-hybridized carbons (Fsp3) is 0.417. The molecule has 0 heterocycles. The van der Waals surface area contributed by atoms with E-state index in [4.69, 9.17) is 5.26 Å². The average Bonchev–Trinajstić information content (AvgIpc) is 2.16. The van der Waals surface area contributed by atoms with E-state index in [9.17, 15) is 20.3 Å². The number of nitriles is 2. The summed E-state index contributed by atoms with van der Waals surface area (Å²) in [5.41, 5.74) is -2.99. The topological polar surface area (TPSA) is 105 Å². The second-order valence-electron chi connectivity index (χ2n) is 4.49. The maximum absolute atomic E-state index is 11.4. The molecule has 0 unspecified atom stereocenters. The fourth-order valence-electron chi connectivity index (χ4n) is 2.29. The van der Waals surface area contributed by atoms with Crippen LogP contribution in [0.1, 0.15) is 20.8 Å². The van der Waals surface area contributed by atoms with E-state index >= 15 is 0 Å². The molecule has 17 heavy (non-hydrogen) atoms. The van der Waals surface area contributed by atoms with Crippen molar-refractivity contribution >= 4 is 5.97 Å². The fourth-order valence-corrected chi connectivity index (χ4v) is 2.29. The smallest absolute Gasteiger partial charge is 0.329 e. The van der Waals surface area contributed by atoms with Crippen LogP contribution < -0.4 is 0 Å². The minimum absolute atomic E-state index is 0.0907. The first-order valence-electron chi connectivity index (χ1n) is 4.93. The Kier molecular flexibility index (Phi) is 2.74. The maximum atomic E-state index is 11.4. The summed E-state index contributed by atoms with van der Waals surface area (Å²) >= 11 is 0. The minimum atomic E-state index is -1.83. The van der Waals surface area contributed by atoms with Gasteiger partial charge in [0, 0.05) is 5.41 Å². The van der Waals surface area contributed by atoms with E-state index in [1.165, 1.54) is 26.8 Å². The van der Waals surface area contributed by atoms with Gasteiger partial charge >= 0.3 is 5.97 Å². The highest BCUT2D eigenvalue weighted by Crippen LogP contribution is 2.52. The number of carboxylic acid groups (broad SMARTS) is 1. The van der Waals surface area contributed by atoms with Gasteiger partial charge in [-0.25, -0.2) is 0 Å². The molecule has 0 aliphatic heterocycles. The second-order valence-corrected chi connectivity index (χ2v) is 4.49. The molecule has 5 nitrogen and oxygen atoms in total. The molecule has 0 saturated carbocycles. The predicted molar refractivity (Wildman–Crippen MR) is 58.5 cm³/mol. The number of aliphatic hydroxyl groups is 1. The Bertz CT molecular complexity index is 529. The SMILES string of the molecule is CC1=CC(O)=C(C#N)C(C)(C)[C@@]1(C#N)C(=O)O. The number of rotatable bonds is 1. The highest BCUT2D eigenvalue weighted by molar-refractivity contribution is 5.85. The standard InChI is InChI=1S/C12H12N2O3/c1-7-4-9(15)8(5-13)11(2,3)12(7,6-14)10(16)17/h4,15H,1-3H3,(H,16,17)/t12-/m1/s1. The van der Waals surface area contributed by atoms with Gasteiger partial charge in [-0.15, -0.1) is 0 Å². The van der Waals surface area contributed by atoms with Crippen molar-refractivity contribution in [2.45, 2.75) is 20.8 Å². The van der Waals surface area contributed by atoms with Crippen LogP contribution in [0.25, 0.3) is 0 Å². The molecule has 88 valence electrons. The van der Waals surface area contributed by atoms with Crippen molar-refractivity contribution in [1.82, 2.24) is 0 Å². The molecule has 0 aromatic carbocycles. The van der Waals surface area contributed by atoms with E-state index in [0.29, 0.717) is 0 Å². The Morgan fingerprint density at radius 1 is 1.41 bits per heavy atom. The number of carboxylic acids is 1. The second kappa shape index (κ2) is 3.64. The lowest BCUT2D eigenvalue weighted by Gasteiger charge is -2.41. The van der Waals surface area contributed by atoms with Gasteiger partial charge in [-0.2, -0.15) is 10.5 Å². The number of carbonyl (C=O) groups is 1.